The van der Waals surface area contributed by atoms with Gasteiger partial charge in [0.25, 0.3) is 5.91 Å². The van der Waals surface area contributed by atoms with E-state index >= 15 is 0 Å². The number of nitrogens with zero attached hydrogens (tertiary/aromatic N) is 2. The minimum atomic E-state index is -3.11. The first-order chi connectivity index (χ1) is 14.0. The standard InChI is InChI=1S/C21H24F2N4O3/c1-12(2)21(22,23)11-30-17-8-6-16(7-9-17)14(4)25-19(29)18-10-13(3)24-20(27-18)26-15(5)28/h6-10,14H,1,11H2,2-5H3,(H,25,29)(H,24,26,27,28). The Balaban J connectivity index is 2.03. The molecule has 1 heterocycles. The van der Waals surface area contributed by atoms with Crippen molar-refractivity contribution in [3.8, 4) is 5.75 Å². The highest BCUT2D eigenvalue weighted by Crippen LogP contribution is 2.25. The molecule has 9 heteroatoms. The Morgan fingerprint density at radius 1 is 1.20 bits per heavy atom. The molecule has 1 aromatic heterocycles. The van der Waals surface area contributed by atoms with Gasteiger partial charge in [-0.25, -0.2) is 9.97 Å². The van der Waals surface area contributed by atoms with Gasteiger partial charge in [0.2, 0.25) is 11.9 Å². The Hall–Kier alpha value is -3.36. The number of aryl methyl sites for hydroxylation is 1. The Morgan fingerprint density at radius 2 is 1.83 bits per heavy atom. The van der Waals surface area contributed by atoms with E-state index in [-0.39, 0.29) is 34.9 Å². The second kappa shape index (κ2) is 9.43. The molecule has 0 bridgehead atoms. The van der Waals surface area contributed by atoms with E-state index in [1.807, 2.05) is 0 Å². The van der Waals surface area contributed by atoms with Gasteiger partial charge in [-0.3, -0.25) is 14.9 Å². The average Bonchev–Trinajstić information content (AvgIpc) is 2.65. The third-order valence-corrected chi connectivity index (χ3v) is 4.15. The van der Waals surface area contributed by atoms with Crippen LogP contribution in [-0.2, 0) is 4.79 Å². The van der Waals surface area contributed by atoms with Crippen LogP contribution in [0.3, 0.4) is 0 Å². The normalized spacial score (nSPS) is 12.1. The molecule has 0 saturated heterocycles. The van der Waals surface area contributed by atoms with E-state index in [9.17, 15) is 18.4 Å². The second-order valence-electron chi connectivity index (χ2n) is 6.94. The van der Waals surface area contributed by atoms with Crippen molar-refractivity contribution in [3.63, 3.8) is 0 Å². The number of aromatic nitrogens is 2. The third-order valence-electron chi connectivity index (χ3n) is 4.15. The summed E-state index contributed by atoms with van der Waals surface area (Å²) >= 11 is 0. The summed E-state index contributed by atoms with van der Waals surface area (Å²) in [6.45, 7) is 8.48. The van der Waals surface area contributed by atoms with Crippen LogP contribution in [0, 0.1) is 6.92 Å². The van der Waals surface area contributed by atoms with Crippen LogP contribution in [-0.4, -0.2) is 34.3 Å². The minimum Gasteiger partial charge on any atom is -0.487 e. The lowest BCUT2D eigenvalue weighted by atomic mass is 10.1. The predicted octanol–water partition coefficient (Wildman–Crippen LogP) is 3.82. The fraction of sp³-hybridized carbons (Fsp3) is 0.333. The zero-order valence-electron chi connectivity index (χ0n) is 17.3. The van der Waals surface area contributed by atoms with E-state index in [2.05, 4.69) is 27.2 Å². The van der Waals surface area contributed by atoms with Crippen LogP contribution in [0.25, 0.3) is 0 Å². The Morgan fingerprint density at radius 3 is 2.40 bits per heavy atom. The fourth-order valence-corrected chi connectivity index (χ4v) is 2.40. The van der Waals surface area contributed by atoms with E-state index in [1.54, 1.807) is 38.1 Å². The van der Waals surface area contributed by atoms with Crippen molar-refractivity contribution in [1.29, 1.82) is 0 Å². The van der Waals surface area contributed by atoms with Gasteiger partial charge >= 0.3 is 5.92 Å². The van der Waals surface area contributed by atoms with Crippen molar-refractivity contribution in [1.82, 2.24) is 15.3 Å². The Kier molecular flexibility index (Phi) is 7.20. The van der Waals surface area contributed by atoms with Crippen LogP contribution in [0.15, 0.2) is 42.5 Å². The largest absolute Gasteiger partial charge is 0.487 e. The fourth-order valence-electron chi connectivity index (χ4n) is 2.40. The van der Waals surface area contributed by atoms with Crippen LogP contribution in [0.5, 0.6) is 5.75 Å². The Labute approximate surface area is 173 Å². The molecule has 1 atom stereocenters. The molecule has 0 radical (unpaired) electrons. The molecule has 1 unspecified atom stereocenters. The van der Waals surface area contributed by atoms with Gasteiger partial charge in [0, 0.05) is 12.6 Å². The molecule has 2 aromatic rings. The minimum absolute atomic E-state index is 0.0494. The van der Waals surface area contributed by atoms with E-state index in [4.69, 9.17) is 4.74 Å². The zero-order valence-corrected chi connectivity index (χ0v) is 17.3. The highest BCUT2D eigenvalue weighted by atomic mass is 19.3. The molecule has 2 rings (SSSR count). The Bertz CT molecular complexity index is 946. The molecular weight excluding hydrogens is 394 g/mol. The summed E-state index contributed by atoms with van der Waals surface area (Å²) in [4.78, 5) is 31.8. The zero-order chi connectivity index (χ0) is 22.5. The van der Waals surface area contributed by atoms with E-state index in [0.717, 1.165) is 5.56 Å². The maximum atomic E-state index is 13.6. The number of carbonyl (C=O) groups excluding carboxylic acids is 2. The number of alkyl halides is 2. The first-order valence-corrected chi connectivity index (χ1v) is 9.18. The SMILES string of the molecule is C=C(C)C(F)(F)COc1ccc(C(C)NC(=O)c2cc(C)nc(NC(C)=O)n2)cc1. The van der Waals surface area contributed by atoms with Crippen molar-refractivity contribution < 1.29 is 23.1 Å². The van der Waals surface area contributed by atoms with Gasteiger partial charge in [-0.05, 0) is 50.1 Å². The molecule has 0 aliphatic rings. The number of rotatable bonds is 8. The molecular formula is C21H24F2N4O3. The van der Waals surface area contributed by atoms with Gasteiger partial charge in [-0.2, -0.15) is 8.78 Å². The molecule has 0 saturated carbocycles. The molecule has 2 N–H and O–H groups in total. The molecule has 2 amide bonds. The lowest BCUT2D eigenvalue weighted by molar-refractivity contribution is -0.114. The summed E-state index contributed by atoms with van der Waals surface area (Å²) in [5.74, 6) is -3.56. The number of hydrogen-bond acceptors (Lipinski definition) is 5. The molecule has 160 valence electrons. The molecule has 0 fully saturated rings. The van der Waals surface area contributed by atoms with Crippen LogP contribution in [0.4, 0.5) is 14.7 Å². The van der Waals surface area contributed by atoms with Gasteiger partial charge in [0.15, 0.2) is 6.61 Å². The van der Waals surface area contributed by atoms with Crippen molar-refractivity contribution in [3.05, 3.63) is 59.4 Å². The summed E-state index contributed by atoms with van der Waals surface area (Å²) in [7, 11) is 0. The summed E-state index contributed by atoms with van der Waals surface area (Å²) in [6.07, 6.45) is 0. The number of nitrogens with one attached hydrogen (secondary N) is 2. The number of anilines is 1. The summed E-state index contributed by atoms with van der Waals surface area (Å²) < 4.78 is 32.3. The second-order valence-corrected chi connectivity index (χ2v) is 6.94. The van der Waals surface area contributed by atoms with E-state index in [1.165, 1.54) is 19.9 Å². The topological polar surface area (TPSA) is 93.2 Å². The lowest BCUT2D eigenvalue weighted by Gasteiger charge is -2.18. The van der Waals surface area contributed by atoms with Gasteiger partial charge in [0.05, 0.1) is 6.04 Å². The highest BCUT2D eigenvalue weighted by molar-refractivity contribution is 5.93. The van der Waals surface area contributed by atoms with Crippen LogP contribution in [0.1, 0.15) is 48.6 Å². The van der Waals surface area contributed by atoms with Crippen LogP contribution in [0.2, 0.25) is 0 Å². The predicted molar refractivity (Wildman–Crippen MR) is 109 cm³/mol. The van der Waals surface area contributed by atoms with Crippen molar-refractivity contribution in [2.45, 2.75) is 39.7 Å². The van der Waals surface area contributed by atoms with Gasteiger partial charge in [-0.1, -0.05) is 18.7 Å². The molecule has 7 nitrogen and oxygen atoms in total. The first kappa shape index (κ1) is 22.9. The number of halogens is 2. The monoisotopic (exact) mass is 418 g/mol. The number of hydrogen-bond donors (Lipinski definition) is 2. The molecule has 30 heavy (non-hydrogen) atoms. The molecule has 0 spiro atoms. The lowest BCUT2D eigenvalue weighted by Crippen LogP contribution is -2.28. The summed E-state index contributed by atoms with van der Waals surface area (Å²) in [6, 6.07) is 7.57. The van der Waals surface area contributed by atoms with E-state index < -0.39 is 18.4 Å². The maximum Gasteiger partial charge on any atom is 0.302 e. The molecule has 1 aromatic carbocycles. The van der Waals surface area contributed by atoms with Crippen molar-refractivity contribution in [2.24, 2.45) is 0 Å². The average molecular weight is 418 g/mol. The molecule has 0 aliphatic carbocycles. The van der Waals surface area contributed by atoms with Crippen molar-refractivity contribution in [2.75, 3.05) is 11.9 Å². The highest BCUT2D eigenvalue weighted by Gasteiger charge is 2.31. The first-order valence-electron chi connectivity index (χ1n) is 9.18. The van der Waals surface area contributed by atoms with Gasteiger partial charge in [0.1, 0.15) is 11.4 Å². The molecule has 0 aliphatic heterocycles. The quantitative estimate of drug-likeness (QED) is 0.636. The number of carbonyl (C=O) groups is 2. The summed E-state index contributed by atoms with van der Waals surface area (Å²) in [5, 5.41) is 5.24. The van der Waals surface area contributed by atoms with Crippen LogP contribution < -0.4 is 15.4 Å². The smallest absolute Gasteiger partial charge is 0.302 e. The summed E-state index contributed by atoms with van der Waals surface area (Å²) in [5.41, 5.74) is 1.12. The van der Waals surface area contributed by atoms with E-state index in [0.29, 0.717) is 5.69 Å². The van der Waals surface area contributed by atoms with Gasteiger partial charge in [-0.15, -0.1) is 0 Å². The van der Waals surface area contributed by atoms with Gasteiger partial charge < -0.3 is 10.1 Å². The number of ether oxygens (including phenoxy) is 1. The van der Waals surface area contributed by atoms with Crippen molar-refractivity contribution >= 4 is 17.8 Å². The third kappa shape index (κ3) is 6.33. The number of benzene rings is 1. The van der Waals surface area contributed by atoms with Crippen LogP contribution >= 0.6 is 0 Å². The number of amides is 2. The maximum absolute atomic E-state index is 13.6.